The summed E-state index contributed by atoms with van der Waals surface area (Å²) in [6.45, 7) is 1.26. The standard InChI is InChI=1S/C19H21N3O3/c1-21-8-14(7-20-21)17-10-22(9-15(17)11-23)19(24)6-13-12-25-18-5-3-2-4-16(13)18/h2-5,7-8,12,15,17,23H,6,9-11H2,1H3/t15-,17-/m0/s1. The number of fused-ring (bicyclic) bond motifs is 1. The Morgan fingerprint density at radius 1 is 1.36 bits per heavy atom. The quantitative estimate of drug-likeness (QED) is 0.788. The summed E-state index contributed by atoms with van der Waals surface area (Å²) in [5, 5.41) is 14.9. The monoisotopic (exact) mass is 339 g/mol. The molecule has 0 unspecified atom stereocenters. The molecule has 0 spiro atoms. The zero-order chi connectivity index (χ0) is 17.4. The molecule has 6 nitrogen and oxygen atoms in total. The largest absolute Gasteiger partial charge is 0.464 e. The molecule has 0 radical (unpaired) electrons. The molecule has 25 heavy (non-hydrogen) atoms. The summed E-state index contributed by atoms with van der Waals surface area (Å²) in [5.41, 5.74) is 2.78. The Morgan fingerprint density at radius 2 is 2.20 bits per heavy atom. The number of amides is 1. The van der Waals surface area contributed by atoms with Gasteiger partial charge in [-0.2, -0.15) is 5.10 Å². The van der Waals surface area contributed by atoms with E-state index in [1.165, 1.54) is 0 Å². The number of rotatable bonds is 4. The summed E-state index contributed by atoms with van der Waals surface area (Å²) in [6, 6.07) is 7.74. The lowest BCUT2D eigenvalue weighted by Gasteiger charge is -2.15. The maximum Gasteiger partial charge on any atom is 0.227 e. The Labute approximate surface area is 145 Å². The maximum atomic E-state index is 12.8. The molecular formula is C19H21N3O3. The van der Waals surface area contributed by atoms with Crippen molar-refractivity contribution in [2.45, 2.75) is 12.3 Å². The van der Waals surface area contributed by atoms with Crippen LogP contribution in [0.4, 0.5) is 0 Å². The van der Waals surface area contributed by atoms with Gasteiger partial charge in [0.1, 0.15) is 5.58 Å². The van der Waals surface area contributed by atoms with E-state index in [0.717, 1.165) is 22.1 Å². The Morgan fingerprint density at radius 3 is 2.96 bits per heavy atom. The van der Waals surface area contributed by atoms with Gasteiger partial charge in [-0.1, -0.05) is 18.2 Å². The Balaban J connectivity index is 1.51. The highest BCUT2D eigenvalue weighted by molar-refractivity contribution is 5.87. The van der Waals surface area contributed by atoms with Gasteiger partial charge in [0.25, 0.3) is 0 Å². The summed E-state index contributed by atoms with van der Waals surface area (Å²) >= 11 is 0. The minimum Gasteiger partial charge on any atom is -0.464 e. The first-order valence-corrected chi connectivity index (χ1v) is 8.48. The minimum absolute atomic E-state index is 0.0502. The SMILES string of the molecule is Cn1cc([C@@H]2CN(C(=O)Cc3coc4ccccc34)C[C@H]2CO)cn1. The molecule has 1 aromatic carbocycles. The smallest absolute Gasteiger partial charge is 0.227 e. The van der Waals surface area contributed by atoms with E-state index in [1.807, 2.05) is 48.6 Å². The van der Waals surface area contributed by atoms with Gasteiger partial charge in [-0.25, -0.2) is 0 Å². The van der Waals surface area contributed by atoms with E-state index in [4.69, 9.17) is 4.42 Å². The fraction of sp³-hybridized carbons (Fsp3) is 0.368. The Hall–Kier alpha value is -2.60. The van der Waals surface area contributed by atoms with Crippen LogP contribution in [-0.2, 0) is 18.3 Å². The van der Waals surface area contributed by atoms with Gasteiger partial charge < -0.3 is 14.4 Å². The van der Waals surface area contributed by atoms with Crippen molar-refractivity contribution in [2.75, 3.05) is 19.7 Å². The fourth-order valence-corrected chi connectivity index (χ4v) is 3.71. The summed E-state index contributed by atoms with van der Waals surface area (Å²) < 4.78 is 7.28. The van der Waals surface area contributed by atoms with Gasteiger partial charge in [0.2, 0.25) is 5.91 Å². The van der Waals surface area contributed by atoms with Crippen molar-refractivity contribution in [3.8, 4) is 0 Å². The number of aliphatic hydroxyl groups excluding tert-OH is 1. The highest BCUT2D eigenvalue weighted by Gasteiger charge is 2.36. The number of benzene rings is 1. The summed E-state index contributed by atoms with van der Waals surface area (Å²) in [7, 11) is 1.87. The number of hydrogen-bond acceptors (Lipinski definition) is 4. The minimum atomic E-state index is 0.0502. The van der Waals surface area contributed by atoms with Gasteiger partial charge in [-0.05, 0) is 11.6 Å². The van der Waals surface area contributed by atoms with E-state index in [-0.39, 0.29) is 24.3 Å². The van der Waals surface area contributed by atoms with Crippen molar-refractivity contribution >= 4 is 16.9 Å². The van der Waals surface area contributed by atoms with Crippen LogP contribution in [0.5, 0.6) is 0 Å². The van der Waals surface area contributed by atoms with Crippen LogP contribution >= 0.6 is 0 Å². The first-order valence-electron chi connectivity index (χ1n) is 8.48. The number of carbonyl (C=O) groups is 1. The normalized spacial score (nSPS) is 20.5. The lowest BCUT2D eigenvalue weighted by Crippen LogP contribution is -2.30. The number of aromatic nitrogens is 2. The zero-order valence-corrected chi connectivity index (χ0v) is 14.1. The van der Waals surface area contributed by atoms with Crippen LogP contribution in [-0.4, -0.2) is 45.4 Å². The van der Waals surface area contributed by atoms with Crippen molar-refractivity contribution in [2.24, 2.45) is 13.0 Å². The second kappa shape index (κ2) is 6.37. The maximum absolute atomic E-state index is 12.8. The van der Waals surface area contributed by atoms with Gasteiger partial charge in [0.15, 0.2) is 0 Å². The van der Waals surface area contributed by atoms with Crippen molar-refractivity contribution in [3.05, 3.63) is 54.0 Å². The molecule has 1 amide bonds. The van der Waals surface area contributed by atoms with Crippen molar-refractivity contribution in [1.82, 2.24) is 14.7 Å². The molecule has 2 atom stereocenters. The molecule has 3 aromatic rings. The number of nitrogens with zero attached hydrogens (tertiary/aromatic N) is 3. The third-order valence-corrected chi connectivity index (χ3v) is 5.08. The van der Waals surface area contributed by atoms with Crippen LogP contribution in [0.15, 0.2) is 47.3 Å². The van der Waals surface area contributed by atoms with E-state index < -0.39 is 0 Å². The molecular weight excluding hydrogens is 318 g/mol. The van der Waals surface area contributed by atoms with Crippen LogP contribution in [0.25, 0.3) is 11.0 Å². The van der Waals surface area contributed by atoms with Crippen molar-refractivity contribution < 1.29 is 14.3 Å². The summed E-state index contributed by atoms with van der Waals surface area (Å²) in [6.07, 6.45) is 5.77. The number of aryl methyl sites for hydroxylation is 1. The molecule has 2 aromatic heterocycles. The van der Waals surface area contributed by atoms with Crippen molar-refractivity contribution in [3.63, 3.8) is 0 Å². The molecule has 3 heterocycles. The molecule has 1 aliphatic rings. The molecule has 1 aliphatic heterocycles. The Kier molecular flexibility index (Phi) is 4.05. The van der Waals surface area contributed by atoms with Crippen LogP contribution in [0.3, 0.4) is 0 Å². The number of para-hydroxylation sites is 1. The molecule has 0 saturated carbocycles. The average Bonchev–Trinajstić information content (AvgIpc) is 3.33. The topological polar surface area (TPSA) is 71.5 Å². The number of aliphatic hydroxyl groups is 1. The highest BCUT2D eigenvalue weighted by Crippen LogP contribution is 2.33. The van der Waals surface area contributed by atoms with E-state index in [0.29, 0.717) is 19.5 Å². The molecule has 6 heteroatoms. The van der Waals surface area contributed by atoms with Crippen LogP contribution in [0.1, 0.15) is 17.0 Å². The molecule has 130 valence electrons. The first-order chi connectivity index (χ1) is 12.2. The Bertz CT molecular complexity index is 898. The van der Waals surface area contributed by atoms with Gasteiger partial charge in [-0.3, -0.25) is 9.48 Å². The lowest BCUT2D eigenvalue weighted by atomic mass is 9.92. The van der Waals surface area contributed by atoms with E-state index >= 15 is 0 Å². The second-order valence-corrected chi connectivity index (χ2v) is 6.73. The van der Waals surface area contributed by atoms with Crippen LogP contribution in [0.2, 0.25) is 0 Å². The predicted octanol–water partition coefficient (Wildman–Crippen LogP) is 1.94. The number of carbonyl (C=O) groups excluding carboxylic acids is 1. The molecule has 4 rings (SSSR count). The summed E-state index contributed by atoms with van der Waals surface area (Å²) in [5.74, 6) is 0.245. The van der Waals surface area contributed by atoms with Gasteiger partial charge in [0.05, 0.1) is 18.9 Å². The van der Waals surface area contributed by atoms with E-state index in [9.17, 15) is 9.90 Å². The first kappa shape index (κ1) is 15.9. The lowest BCUT2D eigenvalue weighted by molar-refractivity contribution is -0.129. The van der Waals surface area contributed by atoms with E-state index in [1.54, 1.807) is 10.9 Å². The van der Waals surface area contributed by atoms with Crippen LogP contribution < -0.4 is 0 Å². The van der Waals surface area contributed by atoms with Crippen molar-refractivity contribution in [1.29, 1.82) is 0 Å². The second-order valence-electron chi connectivity index (χ2n) is 6.73. The van der Waals surface area contributed by atoms with Gasteiger partial charge in [0, 0.05) is 55.7 Å². The van der Waals surface area contributed by atoms with E-state index in [2.05, 4.69) is 5.10 Å². The molecule has 0 bridgehead atoms. The molecule has 1 fully saturated rings. The third kappa shape index (κ3) is 2.93. The van der Waals surface area contributed by atoms with Crippen LogP contribution in [0, 0.1) is 5.92 Å². The highest BCUT2D eigenvalue weighted by atomic mass is 16.3. The zero-order valence-electron chi connectivity index (χ0n) is 14.1. The number of hydrogen-bond donors (Lipinski definition) is 1. The van der Waals surface area contributed by atoms with Gasteiger partial charge >= 0.3 is 0 Å². The molecule has 1 N–H and O–H groups in total. The predicted molar refractivity (Wildman–Crippen MR) is 93.0 cm³/mol. The summed E-state index contributed by atoms with van der Waals surface area (Å²) in [4.78, 5) is 14.6. The van der Waals surface area contributed by atoms with Gasteiger partial charge in [-0.15, -0.1) is 0 Å². The molecule has 1 saturated heterocycles. The third-order valence-electron chi connectivity index (χ3n) is 5.08. The average molecular weight is 339 g/mol. The fourth-order valence-electron chi connectivity index (χ4n) is 3.71. The number of likely N-dealkylation sites (tertiary alicyclic amines) is 1. The number of furan rings is 1. The molecule has 0 aliphatic carbocycles.